The van der Waals surface area contributed by atoms with Crippen molar-refractivity contribution in [2.75, 3.05) is 19.7 Å². The summed E-state index contributed by atoms with van der Waals surface area (Å²) in [6, 6.07) is 8.41. The largest absolute Gasteiger partial charge is 0.491 e. The second-order valence-corrected chi connectivity index (χ2v) is 6.90. The molecule has 0 saturated carbocycles. The van der Waals surface area contributed by atoms with Crippen LogP contribution in [0.1, 0.15) is 38.7 Å². The van der Waals surface area contributed by atoms with Crippen molar-refractivity contribution in [1.82, 2.24) is 10.2 Å². The van der Waals surface area contributed by atoms with Gasteiger partial charge in [-0.25, -0.2) is 0 Å². The van der Waals surface area contributed by atoms with Crippen LogP contribution in [0.15, 0.2) is 24.3 Å². The van der Waals surface area contributed by atoms with Crippen molar-refractivity contribution in [2.24, 2.45) is 0 Å². The molecule has 2 aliphatic rings. The lowest BCUT2D eigenvalue weighted by atomic mass is 10.00. The number of nitrogens with zero attached hydrogens (tertiary/aromatic N) is 1. The zero-order valence-corrected chi connectivity index (χ0v) is 14.7. The fourth-order valence-corrected chi connectivity index (χ4v) is 3.65. The lowest BCUT2D eigenvalue weighted by Gasteiger charge is -2.32. The predicted octanol–water partition coefficient (Wildman–Crippen LogP) is 2.34. The van der Waals surface area contributed by atoms with Crippen molar-refractivity contribution in [2.45, 2.75) is 57.9 Å². The van der Waals surface area contributed by atoms with Crippen LogP contribution in [-0.4, -0.2) is 48.8 Å². The summed E-state index contributed by atoms with van der Waals surface area (Å²) in [6.45, 7) is 6.81. The topological polar surface area (TPSA) is 50.8 Å². The fourth-order valence-electron chi connectivity index (χ4n) is 3.65. The molecule has 2 aliphatic heterocycles. The number of rotatable bonds is 4. The standard InChI is InChI=1S/C19H28N2O3/c1-14-11-17(12-15(2)24-14)20-8-7-19(22)21-9-10-23-18-6-4-3-5-16(18)13-21/h3-6,14-15,17,20H,7-13H2,1-2H3/t14-,15-/m0/s1. The zero-order chi connectivity index (χ0) is 16.9. The first-order valence-corrected chi connectivity index (χ1v) is 8.99. The summed E-state index contributed by atoms with van der Waals surface area (Å²) in [5, 5.41) is 3.53. The van der Waals surface area contributed by atoms with Crippen LogP contribution in [0.3, 0.4) is 0 Å². The fraction of sp³-hybridized carbons (Fsp3) is 0.632. The van der Waals surface area contributed by atoms with Crippen molar-refractivity contribution in [3.8, 4) is 5.75 Å². The molecule has 1 aromatic rings. The van der Waals surface area contributed by atoms with Crippen molar-refractivity contribution >= 4 is 5.91 Å². The zero-order valence-electron chi connectivity index (χ0n) is 14.7. The van der Waals surface area contributed by atoms with Gasteiger partial charge in [0.25, 0.3) is 0 Å². The van der Waals surface area contributed by atoms with Crippen LogP contribution in [0.2, 0.25) is 0 Å². The minimum absolute atomic E-state index is 0.191. The van der Waals surface area contributed by atoms with E-state index in [2.05, 4.69) is 19.2 Å². The van der Waals surface area contributed by atoms with Crippen LogP contribution in [-0.2, 0) is 16.1 Å². The quantitative estimate of drug-likeness (QED) is 0.919. The minimum atomic E-state index is 0.191. The molecule has 3 rings (SSSR count). The first-order valence-electron chi connectivity index (χ1n) is 8.99. The van der Waals surface area contributed by atoms with Gasteiger partial charge in [-0.3, -0.25) is 4.79 Å². The number of hydrogen-bond acceptors (Lipinski definition) is 4. The van der Waals surface area contributed by atoms with Crippen LogP contribution in [0, 0.1) is 0 Å². The summed E-state index contributed by atoms with van der Waals surface area (Å²) >= 11 is 0. The molecule has 2 heterocycles. The SMILES string of the molecule is C[C@H]1CC(NCCC(=O)N2CCOc3ccccc3C2)C[C@H](C)O1. The normalized spacial score (nSPS) is 27.1. The van der Waals surface area contributed by atoms with Gasteiger partial charge in [0.2, 0.25) is 5.91 Å². The first-order chi connectivity index (χ1) is 11.6. The van der Waals surface area contributed by atoms with Gasteiger partial charge in [-0.05, 0) is 32.8 Å². The van der Waals surface area contributed by atoms with Crippen LogP contribution in [0.5, 0.6) is 5.75 Å². The molecule has 1 amide bonds. The van der Waals surface area contributed by atoms with Gasteiger partial charge >= 0.3 is 0 Å². The van der Waals surface area contributed by atoms with Gasteiger partial charge in [0.1, 0.15) is 12.4 Å². The average Bonchev–Trinajstić information content (AvgIpc) is 2.76. The lowest BCUT2D eigenvalue weighted by Crippen LogP contribution is -2.43. The summed E-state index contributed by atoms with van der Waals surface area (Å²) in [5.74, 6) is 1.09. The highest BCUT2D eigenvalue weighted by Crippen LogP contribution is 2.23. The molecule has 0 radical (unpaired) electrons. The van der Waals surface area contributed by atoms with Gasteiger partial charge in [0.05, 0.1) is 18.8 Å². The Morgan fingerprint density at radius 1 is 1.25 bits per heavy atom. The Morgan fingerprint density at radius 3 is 2.79 bits per heavy atom. The van der Waals surface area contributed by atoms with E-state index in [9.17, 15) is 4.79 Å². The number of carbonyl (C=O) groups is 1. The van der Waals surface area contributed by atoms with Crippen LogP contribution >= 0.6 is 0 Å². The summed E-state index contributed by atoms with van der Waals surface area (Å²) in [5.41, 5.74) is 1.09. The van der Waals surface area contributed by atoms with Gasteiger partial charge in [0.15, 0.2) is 0 Å². The third-order valence-electron chi connectivity index (χ3n) is 4.77. The molecule has 0 unspecified atom stereocenters. The summed E-state index contributed by atoms with van der Waals surface area (Å²) in [7, 11) is 0. The van der Waals surface area contributed by atoms with Crippen LogP contribution in [0.25, 0.3) is 0 Å². The van der Waals surface area contributed by atoms with Gasteiger partial charge in [0, 0.05) is 31.1 Å². The first kappa shape index (κ1) is 17.2. The maximum Gasteiger partial charge on any atom is 0.224 e. The van der Waals surface area contributed by atoms with E-state index in [0.717, 1.165) is 30.7 Å². The van der Waals surface area contributed by atoms with Crippen molar-refractivity contribution < 1.29 is 14.3 Å². The molecule has 1 fully saturated rings. The Labute approximate surface area is 144 Å². The summed E-state index contributed by atoms with van der Waals surface area (Å²) < 4.78 is 11.5. The van der Waals surface area contributed by atoms with E-state index in [1.807, 2.05) is 29.2 Å². The maximum atomic E-state index is 12.5. The molecule has 0 aromatic heterocycles. The van der Waals surface area contributed by atoms with Gasteiger partial charge in [-0.15, -0.1) is 0 Å². The van der Waals surface area contributed by atoms with E-state index >= 15 is 0 Å². The van der Waals surface area contributed by atoms with Crippen LogP contribution in [0.4, 0.5) is 0 Å². The van der Waals surface area contributed by atoms with Crippen LogP contribution < -0.4 is 10.1 Å². The maximum absolute atomic E-state index is 12.5. The third kappa shape index (κ3) is 4.48. The number of hydrogen-bond donors (Lipinski definition) is 1. The Kier molecular flexibility index (Phi) is 5.74. The van der Waals surface area contributed by atoms with Crippen molar-refractivity contribution in [3.05, 3.63) is 29.8 Å². The smallest absolute Gasteiger partial charge is 0.224 e. The second-order valence-electron chi connectivity index (χ2n) is 6.90. The molecule has 132 valence electrons. The number of carbonyl (C=O) groups excluding carboxylic acids is 1. The average molecular weight is 332 g/mol. The molecule has 1 aromatic carbocycles. The molecule has 1 N–H and O–H groups in total. The van der Waals surface area contributed by atoms with Gasteiger partial charge in [-0.2, -0.15) is 0 Å². The molecule has 5 heteroatoms. The summed E-state index contributed by atoms with van der Waals surface area (Å²) in [4.78, 5) is 14.4. The molecule has 1 saturated heterocycles. The summed E-state index contributed by atoms with van der Waals surface area (Å²) in [6.07, 6.45) is 3.15. The van der Waals surface area contributed by atoms with Crippen molar-refractivity contribution in [3.63, 3.8) is 0 Å². The Balaban J connectivity index is 1.47. The highest BCUT2D eigenvalue weighted by Gasteiger charge is 2.24. The Morgan fingerprint density at radius 2 is 2.00 bits per heavy atom. The number of para-hydroxylation sites is 1. The molecule has 0 bridgehead atoms. The number of fused-ring (bicyclic) bond motifs is 1. The van der Waals surface area contributed by atoms with E-state index in [1.54, 1.807) is 0 Å². The third-order valence-corrected chi connectivity index (χ3v) is 4.77. The van der Waals surface area contributed by atoms with Crippen molar-refractivity contribution in [1.29, 1.82) is 0 Å². The Hall–Kier alpha value is -1.59. The number of nitrogens with one attached hydrogen (secondary N) is 1. The molecule has 24 heavy (non-hydrogen) atoms. The number of ether oxygens (including phenoxy) is 2. The van der Waals surface area contributed by atoms with E-state index < -0.39 is 0 Å². The van der Waals surface area contributed by atoms with E-state index in [-0.39, 0.29) is 5.91 Å². The highest BCUT2D eigenvalue weighted by molar-refractivity contribution is 5.76. The van der Waals surface area contributed by atoms with E-state index in [0.29, 0.717) is 44.4 Å². The lowest BCUT2D eigenvalue weighted by molar-refractivity contribution is -0.131. The minimum Gasteiger partial charge on any atom is -0.491 e. The van der Waals surface area contributed by atoms with E-state index in [4.69, 9.17) is 9.47 Å². The highest BCUT2D eigenvalue weighted by atomic mass is 16.5. The molecule has 5 nitrogen and oxygen atoms in total. The second kappa shape index (κ2) is 7.99. The number of amides is 1. The molecule has 0 spiro atoms. The number of benzene rings is 1. The van der Waals surface area contributed by atoms with Gasteiger partial charge < -0.3 is 19.7 Å². The Bertz CT molecular complexity index is 553. The van der Waals surface area contributed by atoms with E-state index in [1.165, 1.54) is 0 Å². The van der Waals surface area contributed by atoms with Gasteiger partial charge in [-0.1, -0.05) is 18.2 Å². The monoisotopic (exact) mass is 332 g/mol. The molecule has 0 aliphatic carbocycles. The molecule has 2 atom stereocenters. The predicted molar refractivity (Wildman–Crippen MR) is 93.0 cm³/mol. The molecular formula is C19H28N2O3. The molecular weight excluding hydrogens is 304 g/mol.